The minimum atomic E-state index is -0.0749. The molecule has 2 fully saturated rings. The molecule has 112 valence electrons. The van der Waals surface area contributed by atoms with E-state index in [1.165, 1.54) is 24.7 Å². The molecule has 2 saturated heterocycles. The number of carbonyl (C=O) groups excluding carboxylic acids is 1. The van der Waals surface area contributed by atoms with Gasteiger partial charge in [-0.15, -0.1) is 0 Å². The minimum Gasteiger partial charge on any atom is -0.469 e. The molecule has 0 aliphatic carbocycles. The lowest BCUT2D eigenvalue weighted by molar-refractivity contribution is -0.148. The number of benzene rings is 1. The maximum absolute atomic E-state index is 12.2. The maximum Gasteiger partial charge on any atom is 0.310 e. The van der Waals surface area contributed by atoms with Crippen LogP contribution in [0.25, 0.3) is 6.08 Å². The summed E-state index contributed by atoms with van der Waals surface area (Å²) in [5.74, 6) is 0.141. The Morgan fingerprint density at radius 3 is 2.76 bits per heavy atom. The molecule has 0 amide bonds. The van der Waals surface area contributed by atoms with Gasteiger partial charge in [0.15, 0.2) is 0 Å². The van der Waals surface area contributed by atoms with Crippen molar-refractivity contribution in [2.75, 3.05) is 7.11 Å². The second kappa shape index (κ2) is 6.48. The van der Waals surface area contributed by atoms with Crippen LogP contribution in [-0.4, -0.2) is 25.2 Å². The zero-order chi connectivity index (χ0) is 14.8. The lowest BCUT2D eigenvalue weighted by atomic mass is 9.77. The summed E-state index contributed by atoms with van der Waals surface area (Å²) in [4.78, 5) is 12.2. The summed E-state index contributed by atoms with van der Waals surface area (Å²) in [5, 5.41) is 3.57. The van der Waals surface area contributed by atoms with Gasteiger partial charge in [0.1, 0.15) is 0 Å². The molecule has 3 rings (SSSR count). The molecular weight excluding hydrogens is 377 g/mol. The minimum absolute atomic E-state index is 0.0558. The number of nitrogens with one attached hydrogen (secondary N) is 1. The van der Waals surface area contributed by atoms with Gasteiger partial charge in [0, 0.05) is 18.0 Å². The number of fused-ring (bicyclic) bond motifs is 2. The van der Waals surface area contributed by atoms with Gasteiger partial charge in [0.2, 0.25) is 0 Å². The van der Waals surface area contributed by atoms with Crippen LogP contribution in [0.3, 0.4) is 0 Å². The molecule has 0 spiro atoms. The highest BCUT2D eigenvalue weighted by atomic mass is 127. The van der Waals surface area contributed by atoms with Gasteiger partial charge in [0.25, 0.3) is 0 Å². The molecule has 21 heavy (non-hydrogen) atoms. The fraction of sp³-hybridized carbons (Fsp3) is 0.471. The first-order valence-electron chi connectivity index (χ1n) is 7.43. The number of halogens is 1. The van der Waals surface area contributed by atoms with Gasteiger partial charge in [0.05, 0.1) is 13.0 Å². The number of rotatable bonds is 3. The molecule has 4 heteroatoms. The number of ether oxygens (including phenoxy) is 1. The lowest BCUT2D eigenvalue weighted by Gasteiger charge is -2.36. The summed E-state index contributed by atoms with van der Waals surface area (Å²) < 4.78 is 7.07. The van der Waals surface area contributed by atoms with Gasteiger partial charge in [-0.2, -0.15) is 0 Å². The van der Waals surface area contributed by atoms with Crippen molar-refractivity contribution >= 4 is 34.6 Å². The molecule has 3 nitrogen and oxygen atoms in total. The Kier molecular flexibility index (Phi) is 4.64. The smallest absolute Gasteiger partial charge is 0.310 e. The summed E-state index contributed by atoms with van der Waals surface area (Å²) in [7, 11) is 1.49. The molecule has 1 aromatic rings. The molecule has 2 heterocycles. The van der Waals surface area contributed by atoms with Gasteiger partial charge >= 0.3 is 5.97 Å². The van der Waals surface area contributed by atoms with E-state index in [1.807, 2.05) is 4.08 Å². The summed E-state index contributed by atoms with van der Waals surface area (Å²) >= 11 is 2.22. The Bertz CT molecular complexity index is 540. The van der Waals surface area contributed by atoms with Crippen molar-refractivity contribution in [3.63, 3.8) is 0 Å². The van der Waals surface area contributed by atoms with Crippen molar-refractivity contribution in [2.45, 2.75) is 37.3 Å². The Hall–Kier alpha value is -0.880. The maximum atomic E-state index is 12.2. The van der Waals surface area contributed by atoms with Gasteiger partial charge in [-0.05, 0) is 40.5 Å². The number of piperidine rings is 1. The fourth-order valence-corrected chi connectivity index (χ4v) is 4.20. The highest BCUT2D eigenvalue weighted by molar-refractivity contribution is 14.1. The first kappa shape index (κ1) is 15.0. The largest absolute Gasteiger partial charge is 0.469 e. The third-order valence-corrected chi connectivity index (χ3v) is 5.13. The monoisotopic (exact) mass is 397 g/mol. The summed E-state index contributed by atoms with van der Waals surface area (Å²) in [5.41, 5.74) is 2.45. The molecule has 0 radical (unpaired) electrons. The van der Waals surface area contributed by atoms with Crippen LogP contribution in [0, 0.1) is 5.92 Å². The highest BCUT2D eigenvalue weighted by Gasteiger charge is 2.46. The van der Waals surface area contributed by atoms with Crippen molar-refractivity contribution < 1.29 is 9.53 Å². The van der Waals surface area contributed by atoms with Crippen LogP contribution >= 0.6 is 22.6 Å². The summed E-state index contributed by atoms with van der Waals surface area (Å²) in [6.45, 7) is 0. The van der Waals surface area contributed by atoms with Crippen LogP contribution in [0.1, 0.15) is 36.3 Å². The second-order valence-electron chi connectivity index (χ2n) is 5.90. The van der Waals surface area contributed by atoms with Crippen LogP contribution in [0.4, 0.5) is 0 Å². The fourth-order valence-electron chi connectivity index (χ4n) is 3.79. The van der Waals surface area contributed by atoms with Gasteiger partial charge < -0.3 is 10.1 Å². The van der Waals surface area contributed by atoms with E-state index in [9.17, 15) is 4.79 Å². The molecule has 0 aromatic heterocycles. The Balaban J connectivity index is 1.88. The Labute approximate surface area is 139 Å². The number of esters is 1. The van der Waals surface area contributed by atoms with Crippen LogP contribution in [-0.2, 0) is 9.53 Å². The van der Waals surface area contributed by atoms with Crippen LogP contribution in [0.2, 0.25) is 0 Å². The van der Waals surface area contributed by atoms with Crippen LogP contribution in [0.5, 0.6) is 0 Å². The van der Waals surface area contributed by atoms with Gasteiger partial charge in [-0.1, -0.05) is 46.9 Å². The number of methoxy groups -OCH3 is 1. The van der Waals surface area contributed by atoms with Gasteiger partial charge in [-0.3, -0.25) is 4.79 Å². The van der Waals surface area contributed by atoms with E-state index < -0.39 is 0 Å². The topological polar surface area (TPSA) is 38.3 Å². The molecule has 2 bridgehead atoms. The van der Waals surface area contributed by atoms with Crippen molar-refractivity contribution in [3.8, 4) is 0 Å². The van der Waals surface area contributed by atoms with E-state index in [2.05, 4.69) is 58.2 Å². The number of carbonyl (C=O) groups is 1. The molecule has 2 aliphatic heterocycles. The average Bonchev–Trinajstić information content (AvgIpc) is 2.89. The summed E-state index contributed by atoms with van der Waals surface area (Å²) in [6.07, 6.45) is 5.35. The predicted molar refractivity (Wildman–Crippen MR) is 92.3 cm³/mol. The Morgan fingerprint density at radius 2 is 2.10 bits per heavy atom. The summed E-state index contributed by atoms with van der Waals surface area (Å²) in [6, 6.07) is 9.41. The van der Waals surface area contributed by atoms with Crippen molar-refractivity contribution in [2.24, 2.45) is 5.92 Å². The van der Waals surface area contributed by atoms with Crippen molar-refractivity contribution in [1.82, 2.24) is 5.32 Å². The van der Waals surface area contributed by atoms with Crippen LogP contribution < -0.4 is 5.32 Å². The predicted octanol–water partition coefficient (Wildman–Crippen LogP) is 3.49. The molecule has 1 N–H and O–H groups in total. The van der Waals surface area contributed by atoms with E-state index in [-0.39, 0.29) is 23.8 Å². The zero-order valence-corrected chi connectivity index (χ0v) is 14.2. The number of hydrogen-bond acceptors (Lipinski definition) is 3. The Morgan fingerprint density at radius 1 is 1.33 bits per heavy atom. The number of hydrogen-bond donors (Lipinski definition) is 1. The van der Waals surface area contributed by atoms with Crippen molar-refractivity contribution in [3.05, 3.63) is 39.5 Å². The standard InChI is InChI=1S/C17H20INO2/c1-21-17(20)16-14(10-13-6-7-15(16)19-13)12-4-2-11(3-5-12)8-9-18/h2-5,8-9,13-16,19H,6-7,10H2,1H3/b9-8+/t13?,14-,15?,16+/m1/s1. The quantitative estimate of drug-likeness (QED) is 0.627. The SMILES string of the molecule is COC(=O)[C@@H]1C2CCC(C[C@@H]1c1ccc(/C=C/I)cc1)N2. The molecule has 2 unspecified atom stereocenters. The normalized spacial score (nSPS) is 31.5. The average molecular weight is 397 g/mol. The van der Waals surface area contributed by atoms with Gasteiger partial charge in [-0.25, -0.2) is 0 Å². The molecule has 2 aliphatic rings. The zero-order valence-electron chi connectivity index (χ0n) is 12.1. The molecule has 4 atom stereocenters. The third-order valence-electron chi connectivity index (χ3n) is 4.77. The lowest BCUT2D eigenvalue weighted by Crippen LogP contribution is -2.48. The van der Waals surface area contributed by atoms with E-state index in [1.54, 1.807) is 0 Å². The van der Waals surface area contributed by atoms with E-state index in [4.69, 9.17) is 4.74 Å². The molecule has 1 aromatic carbocycles. The van der Waals surface area contributed by atoms with Crippen molar-refractivity contribution in [1.29, 1.82) is 0 Å². The van der Waals surface area contributed by atoms with E-state index in [0.29, 0.717) is 6.04 Å². The van der Waals surface area contributed by atoms with Crippen LogP contribution in [0.15, 0.2) is 28.3 Å². The highest BCUT2D eigenvalue weighted by Crippen LogP contribution is 2.42. The molecule has 0 saturated carbocycles. The molecular formula is C17H20INO2. The first-order valence-corrected chi connectivity index (χ1v) is 8.68. The van der Waals surface area contributed by atoms with E-state index in [0.717, 1.165) is 12.8 Å². The van der Waals surface area contributed by atoms with E-state index >= 15 is 0 Å². The second-order valence-corrected chi connectivity index (χ2v) is 6.62. The third kappa shape index (κ3) is 3.01. The first-order chi connectivity index (χ1) is 10.2.